The summed E-state index contributed by atoms with van der Waals surface area (Å²) in [6, 6.07) is 2.02. The smallest absolute Gasteiger partial charge is 0.224 e. The molecule has 0 amide bonds. The molecule has 0 aromatic carbocycles. The molecule has 0 bridgehead atoms. The molecule has 0 spiro atoms. The molecule has 2 rings (SSSR count). The molecule has 19 heavy (non-hydrogen) atoms. The standard InChI is InChI=1S/C13H17FN4S/c1-3-5-15-13-16-7-11(14)12(17-13)18(2)8-10-4-6-19-9-10/h4,6-7,9H,3,5,8H2,1-2H3,(H,15,16,17). The van der Waals surface area contributed by atoms with Crippen LogP contribution in [0.15, 0.2) is 23.0 Å². The van der Waals surface area contributed by atoms with Gasteiger partial charge in [-0.25, -0.2) is 9.37 Å². The van der Waals surface area contributed by atoms with Gasteiger partial charge in [0.25, 0.3) is 0 Å². The van der Waals surface area contributed by atoms with Crippen LogP contribution in [0.4, 0.5) is 16.2 Å². The Balaban J connectivity index is 2.13. The molecule has 0 saturated heterocycles. The Bertz CT molecular complexity index is 515. The topological polar surface area (TPSA) is 41.1 Å². The van der Waals surface area contributed by atoms with Gasteiger partial charge in [-0.2, -0.15) is 16.3 Å². The normalized spacial score (nSPS) is 10.5. The molecule has 0 fully saturated rings. The summed E-state index contributed by atoms with van der Waals surface area (Å²) in [4.78, 5) is 9.94. The van der Waals surface area contributed by atoms with Crippen molar-refractivity contribution in [3.63, 3.8) is 0 Å². The number of nitrogens with zero attached hydrogens (tertiary/aromatic N) is 3. The van der Waals surface area contributed by atoms with Gasteiger partial charge < -0.3 is 10.2 Å². The first-order valence-electron chi connectivity index (χ1n) is 6.19. The molecule has 2 heterocycles. The van der Waals surface area contributed by atoms with Crippen LogP contribution in [0.5, 0.6) is 0 Å². The van der Waals surface area contributed by atoms with Gasteiger partial charge in [0.05, 0.1) is 6.20 Å². The fourth-order valence-electron chi connectivity index (χ4n) is 1.68. The number of nitrogens with one attached hydrogen (secondary N) is 1. The predicted octanol–water partition coefficient (Wildman–Crippen LogP) is 3.14. The second-order valence-electron chi connectivity index (χ2n) is 4.28. The van der Waals surface area contributed by atoms with Gasteiger partial charge in [-0.3, -0.25) is 0 Å². The third-order valence-corrected chi connectivity index (χ3v) is 3.35. The van der Waals surface area contributed by atoms with Crippen molar-refractivity contribution in [3.05, 3.63) is 34.4 Å². The molecule has 0 aliphatic rings. The zero-order chi connectivity index (χ0) is 13.7. The van der Waals surface area contributed by atoms with Crippen molar-refractivity contribution in [1.29, 1.82) is 0 Å². The molecule has 0 unspecified atom stereocenters. The molecule has 0 atom stereocenters. The lowest BCUT2D eigenvalue weighted by Gasteiger charge is -2.18. The van der Waals surface area contributed by atoms with Crippen LogP contribution < -0.4 is 10.2 Å². The van der Waals surface area contributed by atoms with Crippen molar-refractivity contribution in [2.45, 2.75) is 19.9 Å². The lowest BCUT2D eigenvalue weighted by atomic mass is 10.3. The highest BCUT2D eigenvalue weighted by Gasteiger charge is 2.12. The Hall–Kier alpha value is -1.69. The molecular weight excluding hydrogens is 263 g/mol. The summed E-state index contributed by atoms with van der Waals surface area (Å²) < 4.78 is 13.8. The van der Waals surface area contributed by atoms with E-state index in [2.05, 4.69) is 22.2 Å². The van der Waals surface area contributed by atoms with Crippen LogP contribution in [-0.4, -0.2) is 23.6 Å². The summed E-state index contributed by atoms with van der Waals surface area (Å²) in [6.07, 6.45) is 2.19. The van der Waals surface area contributed by atoms with Gasteiger partial charge in [-0.15, -0.1) is 0 Å². The third-order valence-electron chi connectivity index (χ3n) is 2.62. The number of anilines is 2. The van der Waals surface area contributed by atoms with Gasteiger partial charge in [0.2, 0.25) is 5.95 Å². The summed E-state index contributed by atoms with van der Waals surface area (Å²) in [7, 11) is 1.83. The summed E-state index contributed by atoms with van der Waals surface area (Å²) in [6.45, 7) is 3.46. The number of halogens is 1. The molecule has 2 aromatic rings. The molecule has 0 radical (unpaired) electrons. The molecule has 4 nitrogen and oxygen atoms in total. The average Bonchev–Trinajstić information content (AvgIpc) is 2.90. The minimum atomic E-state index is -0.403. The first kappa shape index (κ1) is 13.7. The van der Waals surface area contributed by atoms with E-state index in [1.165, 1.54) is 6.20 Å². The van der Waals surface area contributed by atoms with E-state index in [1.807, 2.05) is 23.9 Å². The average molecular weight is 280 g/mol. The quantitative estimate of drug-likeness (QED) is 0.882. The molecule has 0 saturated carbocycles. The largest absolute Gasteiger partial charge is 0.354 e. The minimum Gasteiger partial charge on any atom is -0.354 e. The van der Waals surface area contributed by atoms with Crippen molar-refractivity contribution in [1.82, 2.24) is 9.97 Å². The number of hydrogen-bond donors (Lipinski definition) is 1. The van der Waals surface area contributed by atoms with Gasteiger partial charge in [0.15, 0.2) is 11.6 Å². The van der Waals surface area contributed by atoms with Crippen LogP contribution in [-0.2, 0) is 6.54 Å². The van der Waals surface area contributed by atoms with Crippen molar-refractivity contribution in [3.8, 4) is 0 Å². The monoisotopic (exact) mass is 280 g/mol. The molecular formula is C13H17FN4S. The van der Waals surface area contributed by atoms with E-state index < -0.39 is 5.82 Å². The summed E-state index contributed by atoms with van der Waals surface area (Å²) >= 11 is 1.63. The zero-order valence-corrected chi connectivity index (χ0v) is 11.9. The molecule has 0 aliphatic carbocycles. The van der Waals surface area contributed by atoms with Crippen LogP contribution in [0.1, 0.15) is 18.9 Å². The Labute approximate surface area is 116 Å². The first-order chi connectivity index (χ1) is 9.20. The van der Waals surface area contributed by atoms with Gasteiger partial charge >= 0.3 is 0 Å². The highest BCUT2D eigenvalue weighted by atomic mass is 32.1. The maximum atomic E-state index is 13.8. The van der Waals surface area contributed by atoms with Crippen LogP contribution in [0.3, 0.4) is 0 Å². The predicted molar refractivity (Wildman–Crippen MR) is 77.2 cm³/mol. The maximum Gasteiger partial charge on any atom is 0.224 e. The van der Waals surface area contributed by atoms with Gasteiger partial charge in [0.1, 0.15) is 0 Å². The van der Waals surface area contributed by atoms with Gasteiger partial charge in [-0.05, 0) is 28.8 Å². The van der Waals surface area contributed by atoms with E-state index in [4.69, 9.17) is 0 Å². The SMILES string of the molecule is CCCNc1ncc(F)c(N(C)Cc2ccsc2)n1. The molecule has 0 aliphatic heterocycles. The lowest BCUT2D eigenvalue weighted by Crippen LogP contribution is -2.20. The van der Waals surface area contributed by atoms with E-state index in [9.17, 15) is 4.39 Å². The van der Waals surface area contributed by atoms with Crippen LogP contribution in [0.25, 0.3) is 0 Å². The van der Waals surface area contributed by atoms with Gasteiger partial charge in [0, 0.05) is 20.1 Å². The van der Waals surface area contributed by atoms with Crippen molar-refractivity contribution < 1.29 is 4.39 Å². The van der Waals surface area contributed by atoms with E-state index >= 15 is 0 Å². The second kappa shape index (κ2) is 6.47. The van der Waals surface area contributed by atoms with E-state index in [0.29, 0.717) is 18.3 Å². The fourth-order valence-corrected chi connectivity index (χ4v) is 2.34. The zero-order valence-electron chi connectivity index (χ0n) is 11.1. The third kappa shape index (κ3) is 3.64. The van der Waals surface area contributed by atoms with Crippen LogP contribution in [0, 0.1) is 5.82 Å². The lowest BCUT2D eigenvalue weighted by molar-refractivity contribution is 0.607. The Morgan fingerprint density at radius 2 is 2.32 bits per heavy atom. The highest BCUT2D eigenvalue weighted by Crippen LogP contribution is 2.19. The second-order valence-corrected chi connectivity index (χ2v) is 5.06. The number of rotatable bonds is 6. The Morgan fingerprint density at radius 3 is 3.00 bits per heavy atom. The summed E-state index contributed by atoms with van der Waals surface area (Å²) in [5, 5.41) is 7.12. The Kier molecular flexibility index (Phi) is 4.68. The number of aromatic nitrogens is 2. The first-order valence-corrected chi connectivity index (χ1v) is 7.13. The van der Waals surface area contributed by atoms with E-state index in [0.717, 1.165) is 18.5 Å². The number of hydrogen-bond acceptors (Lipinski definition) is 5. The van der Waals surface area contributed by atoms with Crippen molar-refractivity contribution in [2.24, 2.45) is 0 Å². The molecule has 102 valence electrons. The van der Waals surface area contributed by atoms with Crippen LogP contribution >= 0.6 is 11.3 Å². The molecule has 6 heteroatoms. The minimum absolute atomic E-state index is 0.319. The molecule has 1 N–H and O–H groups in total. The highest BCUT2D eigenvalue weighted by molar-refractivity contribution is 7.07. The maximum absolute atomic E-state index is 13.8. The summed E-state index contributed by atoms with van der Waals surface area (Å²) in [5.41, 5.74) is 1.15. The van der Waals surface area contributed by atoms with E-state index in [1.54, 1.807) is 16.2 Å². The Morgan fingerprint density at radius 1 is 1.47 bits per heavy atom. The number of thiophene rings is 1. The van der Waals surface area contributed by atoms with Crippen LogP contribution in [0.2, 0.25) is 0 Å². The fraction of sp³-hybridized carbons (Fsp3) is 0.385. The van der Waals surface area contributed by atoms with Crippen molar-refractivity contribution >= 4 is 23.1 Å². The molecule has 2 aromatic heterocycles. The van der Waals surface area contributed by atoms with Crippen molar-refractivity contribution in [2.75, 3.05) is 23.8 Å². The summed E-state index contributed by atoms with van der Waals surface area (Å²) in [5.74, 6) is 0.384. The van der Waals surface area contributed by atoms with Gasteiger partial charge in [-0.1, -0.05) is 6.92 Å². The van der Waals surface area contributed by atoms with E-state index in [-0.39, 0.29) is 0 Å².